The van der Waals surface area contributed by atoms with Crippen LogP contribution in [0.15, 0.2) is 18.2 Å². The highest BCUT2D eigenvalue weighted by Gasteiger charge is 2.37. The standard InChI is InChI=1S/C22H32F2N4O3/c1-3-28-9-8-15(11-18(28)20(23)24)22(29)25-17-7-5-13-10-14(4-6-16(13)17)21-26-19(12-30-2)31-27-21/h4,6,10,15,17-21,26-27H,3,5,7-9,11-12H2,1-2H3,(H,25,29)/t15?,17-,18?,19?,21?/m1/s1. The van der Waals surface area contributed by atoms with E-state index in [0.717, 1.165) is 24.0 Å². The number of hydrogen-bond acceptors (Lipinski definition) is 6. The van der Waals surface area contributed by atoms with Crippen molar-refractivity contribution in [2.75, 3.05) is 26.8 Å². The summed E-state index contributed by atoms with van der Waals surface area (Å²) in [6.07, 6.45) is -0.199. The first-order valence-electron chi connectivity index (χ1n) is 11.1. The highest BCUT2D eigenvalue weighted by atomic mass is 19.3. The molecule has 2 heterocycles. The van der Waals surface area contributed by atoms with Crippen molar-refractivity contribution in [1.82, 2.24) is 21.0 Å². The molecule has 5 atom stereocenters. The number of nitrogens with one attached hydrogen (secondary N) is 3. The smallest absolute Gasteiger partial charge is 0.253 e. The molecule has 0 saturated carbocycles. The second kappa shape index (κ2) is 9.87. The molecule has 9 heteroatoms. The van der Waals surface area contributed by atoms with Gasteiger partial charge in [-0.2, -0.15) is 5.48 Å². The number of benzene rings is 1. The van der Waals surface area contributed by atoms with Gasteiger partial charge in [0.15, 0.2) is 6.23 Å². The summed E-state index contributed by atoms with van der Waals surface area (Å²) in [5.41, 5.74) is 6.36. The van der Waals surface area contributed by atoms with Crippen molar-refractivity contribution in [3.05, 3.63) is 34.9 Å². The highest BCUT2D eigenvalue weighted by molar-refractivity contribution is 5.79. The Labute approximate surface area is 181 Å². The van der Waals surface area contributed by atoms with Crippen LogP contribution >= 0.6 is 0 Å². The molecule has 2 saturated heterocycles. The Hall–Kier alpha value is -1.65. The summed E-state index contributed by atoms with van der Waals surface area (Å²) in [6.45, 7) is 3.47. The first-order chi connectivity index (χ1) is 15.0. The lowest BCUT2D eigenvalue weighted by Gasteiger charge is -2.38. The van der Waals surface area contributed by atoms with Crippen LogP contribution in [0, 0.1) is 5.92 Å². The maximum atomic E-state index is 13.4. The molecule has 3 N–H and O–H groups in total. The van der Waals surface area contributed by atoms with Crippen molar-refractivity contribution in [2.24, 2.45) is 5.92 Å². The van der Waals surface area contributed by atoms with Crippen LogP contribution < -0.4 is 16.1 Å². The van der Waals surface area contributed by atoms with Crippen LogP contribution in [0.1, 0.15) is 55.1 Å². The van der Waals surface area contributed by atoms with E-state index in [9.17, 15) is 13.6 Å². The van der Waals surface area contributed by atoms with Gasteiger partial charge in [0.25, 0.3) is 6.43 Å². The van der Waals surface area contributed by atoms with E-state index in [0.29, 0.717) is 26.1 Å². The van der Waals surface area contributed by atoms with Crippen LogP contribution in [0.25, 0.3) is 0 Å². The molecule has 3 aliphatic rings. The maximum Gasteiger partial charge on any atom is 0.253 e. The number of methoxy groups -OCH3 is 1. The first-order valence-corrected chi connectivity index (χ1v) is 11.1. The van der Waals surface area contributed by atoms with Crippen molar-refractivity contribution >= 4 is 5.91 Å². The largest absolute Gasteiger partial charge is 0.380 e. The number of fused-ring (bicyclic) bond motifs is 1. The third-order valence-corrected chi connectivity index (χ3v) is 6.72. The van der Waals surface area contributed by atoms with Gasteiger partial charge in [0.05, 0.1) is 18.7 Å². The Morgan fingerprint density at radius 1 is 1.39 bits per heavy atom. The summed E-state index contributed by atoms with van der Waals surface area (Å²) in [7, 11) is 1.63. The zero-order chi connectivity index (χ0) is 22.0. The number of alkyl halides is 2. The molecule has 2 aliphatic heterocycles. The van der Waals surface area contributed by atoms with E-state index in [1.165, 1.54) is 5.56 Å². The molecule has 31 heavy (non-hydrogen) atoms. The van der Waals surface area contributed by atoms with Crippen molar-refractivity contribution in [2.45, 2.75) is 63.5 Å². The minimum absolute atomic E-state index is 0.0623. The lowest BCUT2D eigenvalue weighted by atomic mass is 9.89. The SMILES string of the molecule is CCN1CCC(C(=O)N[C@@H]2CCc3cc(C4NOC(COC)N4)ccc32)CC1C(F)F. The molecule has 1 aliphatic carbocycles. The molecular weight excluding hydrogens is 406 g/mol. The van der Waals surface area contributed by atoms with Gasteiger partial charge in [0, 0.05) is 13.0 Å². The molecule has 4 unspecified atom stereocenters. The first kappa shape index (κ1) is 22.5. The molecule has 0 aromatic heterocycles. The lowest BCUT2D eigenvalue weighted by molar-refractivity contribution is -0.129. The highest BCUT2D eigenvalue weighted by Crippen LogP contribution is 2.34. The van der Waals surface area contributed by atoms with Crippen LogP contribution in [0.5, 0.6) is 0 Å². The van der Waals surface area contributed by atoms with Crippen LogP contribution in [-0.4, -0.2) is 56.3 Å². The molecule has 0 radical (unpaired) electrons. The van der Waals surface area contributed by atoms with E-state index in [4.69, 9.17) is 9.57 Å². The van der Waals surface area contributed by atoms with Crippen LogP contribution in [0.4, 0.5) is 8.78 Å². The third-order valence-electron chi connectivity index (χ3n) is 6.72. The Morgan fingerprint density at radius 3 is 2.97 bits per heavy atom. The van der Waals surface area contributed by atoms with Gasteiger partial charge >= 0.3 is 0 Å². The fraction of sp³-hybridized carbons (Fsp3) is 0.682. The number of hydrogen-bond donors (Lipinski definition) is 3. The normalized spacial score (nSPS) is 31.2. The van der Waals surface area contributed by atoms with Crippen molar-refractivity contribution in [1.29, 1.82) is 0 Å². The van der Waals surface area contributed by atoms with E-state index < -0.39 is 12.5 Å². The number of ether oxygens (including phenoxy) is 1. The number of likely N-dealkylation sites (tertiary alicyclic amines) is 1. The van der Waals surface area contributed by atoms with Gasteiger partial charge in [0.1, 0.15) is 6.17 Å². The summed E-state index contributed by atoms with van der Waals surface area (Å²) in [5.74, 6) is -0.454. The topological polar surface area (TPSA) is 74.9 Å². The Kier molecular flexibility index (Phi) is 7.18. The van der Waals surface area contributed by atoms with Gasteiger partial charge in [-0.05, 0) is 55.5 Å². The van der Waals surface area contributed by atoms with E-state index in [2.05, 4.69) is 28.2 Å². The molecule has 1 amide bonds. The number of aryl methyl sites for hydroxylation is 1. The second-order valence-corrected chi connectivity index (χ2v) is 8.59. The molecule has 1 aromatic rings. The van der Waals surface area contributed by atoms with E-state index in [1.54, 1.807) is 12.0 Å². The number of rotatable bonds is 7. The fourth-order valence-electron chi connectivity index (χ4n) is 5.00. The molecule has 7 nitrogen and oxygen atoms in total. The molecule has 2 fully saturated rings. The minimum atomic E-state index is -2.42. The summed E-state index contributed by atoms with van der Waals surface area (Å²) < 4.78 is 32.0. The van der Waals surface area contributed by atoms with Crippen LogP contribution in [0.3, 0.4) is 0 Å². The summed E-state index contributed by atoms with van der Waals surface area (Å²) in [5, 5.41) is 6.45. The minimum Gasteiger partial charge on any atom is -0.380 e. The quantitative estimate of drug-likeness (QED) is 0.607. The monoisotopic (exact) mass is 438 g/mol. The van der Waals surface area contributed by atoms with Crippen LogP contribution in [-0.2, 0) is 20.8 Å². The molecule has 0 spiro atoms. The summed E-state index contributed by atoms with van der Waals surface area (Å²) >= 11 is 0. The number of carbonyl (C=O) groups is 1. The molecular formula is C22H32F2N4O3. The van der Waals surface area contributed by atoms with Gasteiger partial charge in [-0.15, -0.1) is 0 Å². The van der Waals surface area contributed by atoms with E-state index in [-0.39, 0.29) is 36.7 Å². The summed E-state index contributed by atoms with van der Waals surface area (Å²) in [6, 6.07) is 5.32. The number of amides is 1. The van der Waals surface area contributed by atoms with Crippen LogP contribution in [0.2, 0.25) is 0 Å². The molecule has 4 rings (SSSR count). The third kappa shape index (κ3) is 4.90. The Balaban J connectivity index is 1.37. The zero-order valence-corrected chi connectivity index (χ0v) is 18.1. The summed E-state index contributed by atoms with van der Waals surface area (Å²) in [4.78, 5) is 20.1. The molecule has 172 valence electrons. The second-order valence-electron chi connectivity index (χ2n) is 8.59. The number of piperidine rings is 1. The number of hydroxylamine groups is 1. The van der Waals surface area contributed by atoms with Gasteiger partial charge in [-0.25, -0.2) is 8.78 Å². The fourth-order valence-corrected chi connectivity index (χ4v) is 5.00. The number of carbonyl (C=O) groups excluding carboxylic acids is 1. The lowest BCUT2D eigenvalue weighted by Crippen LogP contribution is -2.49. The van der Waals surface area contributed by atoms with E-state index in [1.807, 2.05) is 13.0 Å². The molecule has 1 aromatic carbocycles. The van der Waals surface area contributed by atoms with E-state index >= 15 is 0 Å². The van der Waals surface area contributed by atoms with Gasteiger partial charge in [-0.3, -0.25) is 19.8 Å². The van der Waals surface area contributed by atoms with Crippen molar-refractivity contribution in [3.63, 3.8) is 0 Å². The van der Waals surface area contributed by atoms with Crippen molar-refractivity contribution < 1.29 is 23.1 Å². The van der Waals surface area contributed by atoms with Crippen molar-refractivity contribution in [3.8, 4) is 0 Å². The molecule has 0 bridgehead atoms. The predicted octanol–water partition coefficient (Wildman–Crippen LogP) is 2.25. The maximum absolute atomic E-state index is 13.4. The Bertz CT molecular complexity index is 781. The zero-order valence-electron chi connectivity index (χ0n) is 18.1. The average Bonchev–Trinajstić information content (AvgIpc) is 3.40. The number of halogens is 2. The predicted molar refractivity (Wildman–Crippen MR) is 111 cm³/mol. The van der Waals surface area contributed by atoms with Gasteiger partial charge < -0.3 is 10.1 Å². The van der Waals surface area contributed by atoms with Gasteiger partial charge in [0.2, 0.25) is 5.91 Å². The Morgan fingerprint density at radius 2 is 2.23 bits per heavy atom. The number of nitrogens with zero attached hydrogens (tertiary/aromatic N) is 1. The van der Waals surface area contributed by atoms with Gasteiger partial charge in [-0.1, -0.05) is 25.1 Å². The average molecular weight is 439 g/mol.